The second-order valence-corrected chi connectivity index (χ2v) is 5.16. The van der Waals surface area contributed by atoms with E-state index in [0.717, 1.165) is 30.7 Å². The van der Waals surface area contributed by atoms with Gasteiger partial charge in [0.05, 0.1) is 12.4 Å². The van der Waals surface area contributed by atoms with Crippen molar-refractivity contribution in [2.24, 2.45) is 11.8 Å². The fourth-order valence-corrected chi connectivity index (χ4v) is 2.42. The maximum Gasteiger partial charge on any atom is 0.149 e. The molecule has 88 valence electrons. The highest BCUT2D eigenvalue weighted by atomic mass is 35.5. The van der Waals surface area contributed by atoms with E-state index >= 15 is 0 Å². The monoisotopic (exact) mass is 239 g/mol. The van der Waals surface area contributed by atoms with Crippen molar-refractivity contribution in [3.05, 3.63) is 17.5 Å². The fraction of sp³-hybridized carbons (Fsp3) is 0.667. The van der Waals surface area contributed by atoms with Crippen LogP contribution in [-0.4, -0.2) is 23.1 Å². The van der Waals surface area contributed by atoms with E-state index in [2.05, 4.69) is 28.7 Å². The average molecular weight is 240 g/mol. The highest BCUT2D eigenvalue weighted by Crippen LogP contribution is 2.26. The van der Waals surface area contributed by atoms with Crippen LogP contribution in [0.1, 0.15) is 26.7 Å². The lowest BCUT2D eigenvalue weighted by atomic mass is 9.87. The van der Waals surface area contributed by atoms with E-state index in [1.54, 1.807) is 12.4 Å². The summed E-state index contributed by atoms with van der Waals surface area (Å²) in [5, 5.41) is 0.475. The quantitative estimate of drug-likeness (QED) is 0.795. The topological polar surface area (TPSA) is 29.0 Å². The molecule has 16 heavy (non-hydrogen) atoms. The minimum absolute atomic E-state index is 0.475. The van der Waals surface area contributed by atoms with Crippen molar-refractivity contribution >= 4 is 17.4 Å². The molecule has 0 bridgehead atoms. The van der Waals surface area contributed by atoms with Gasteiger partial charge in [-0.25, -0.2) is 4.98 Å². The zero-order valence-corrected chi connectivity index (χ0v) is 10.6. The van der Waals surface area contributed by atoms with Crippen LogP contribution in [0.15, 0.2) is 12.4 Å². The standard InChI is InChI=1S/C12H18ClN3/c1-9(2)10-3-5-16(6-4-10)12-8-14-7-11(13)15-12/h7-10H,3-6H2,1-2H3. The number of hydrogen-bond acceptors (Lipinski definition) is 3. The van der Waals surface area contributed by atoms with E-state index in [4.69, 9.17) is 11.6 Å². The molecule has 0 aromatic carbocycles. The molecule has 1 fully saturated rings. The molecule has 0 radical (unpaired) electrons. The summed E-state index contributed by atoms with van der Waals surface area (Å²) in [5.74, 6) is 2.55. The summed E-state index contributed by atoms with van der Waals surface area (Å²) in [6, 6.07) is 0. The van der Waals surface area contributed by atoms with Gasteiger partial charge in [0.1, 0.15) is 11.0 Å². The van der Waals surface area contributed by atoms with Gasteiger partial charge < -0.3 is 4.90 Å². The molecule has 1 saturated heterocycles. The smallest absolute Gasteiger partial charge is 0.149 e. The summed E-state index contributed by atoms with van der Waals surface area (Å²) in [5.41, 5.74) is 0. The van der Waals surface area contributed by atoms with Crippen LogP contribution in [-0.2, 0) is 0 Å². The maximum atomic E-state index is 5.84. The van der Waals surface area contributed by atoms with Crippen molar-refractivity contribution in [3.8, 4) is 0 Å². The second-order valence-electron chi connectivity index (χ2n) is 4.77. The van der Waals surface area contributed by atoms with Gasteiger partial charge in [-0.2, -0.15) is 0 Å². The first-order chi connectivity index (χ1) is 7.66. The van der Waals surface area contributed by atoms with E-state index in [1.807, 2.05) is 0 Å². The minimum Gasteiger partial charge on any atom is -0.355 e. The molecule has 1 aromatic rings. The van der Waals surface area contributed by atoms with Gasteiger partial charge in [0.2, 0.25) is 0 Å². The van der Waals surface area contributed by atoms with Gasteiger partial charge >= 0.3 is 0 Å². The maximum absolute atomic E-state index is 5.84. The first-order valence-corrected chi connectivity index (χ1v) is 6.27. The molecule has 0 atom stereocenters. The molecule has 0 unspecified atom stereocenters. The number of aromatic nitrogens is 2. The lowest BCUT2D eigenvalue weighted by molar-refractivity contribution is 0.310. The third-order valence-electron chi connectivity index (χ3n) is 3.40. The van der Waals surface area contributed by atoms with Crippen molar-refractivity contribution in [1.29, 1.82) is 0 Å². The molecular formula is C12H18ClN3. The molecule has 2 rings (SSSR count). The number of nitrogens with zero attached hydrogens (tertiary/aromatic N) is 3. The summed E-state index contributed by atoms with van der Waals surface area (Å²) in [4.78, 5) is 10.6. The largest absolute Gasteiger partial charge is 0.355 e. The Balaban J connectivity index is 1.99. The SMILES string of the molecule is CC(C)C1CCN(c2cncc(Cl)n2)CC1. The lowest BCUT2D eigenvalue weighted by Gasteiger charge is -2.34. The van der Waals surface area contributed by atoms with Crippen LogP contribution in [0, 0.1) is 11.8 Å². The average Bonchev–Trinajstić information content (AvgIpc) is 2.29. The summed E-state index contributed by atoms with van der Waals surface area (Å²) >= 11 is 5.84. The predicted octanol–water partition coefficient (Wildman–Crippen LogP) is 3.00. The Hall–Kier alpha value is -0.830. The van der Waals surface area contributed by atoms with Crippen LogP contribution in [0.5, 0.6) is 0 Å². The number of hydrogen-bond donors (Lipinski definition) is 0. The molecule has 0 N–H and O–H groups in total. The van der Waals surface area contributed by atoms with E-state index in [-0.39, 0.29) is 0 Å². The molecule has 1 aliphatic rings. The van der Waals surface area contributed by atoms with Gasteiger partial charge in [-0.15, -0.1) is 0 Å². The van der Waals surface area contributed by atoms with Crippen molar-refractivity contribution in [1.82, 2.24) is 9.97 Å². The van der Waals surface area contributed by atoms with Crippen molar-refractivity contribution in [2.45, 2.75) is 26.7 Å². The van der Waals surface area contributed by atoms with Gasteiger partial charge in [0, 0.05) is 13.1 Å². The first kappa shape index (κ1) is 11.6. The lowest BCUT2D eigenvalue weighted by Crippen LogP contribution is -2.35. The molecule has 0 aliphatic carbocycles. The molecule has 1 aliphatic heterocycles. The second kappa shape index (κ2) is 5.00. The number of anilines is 1. The summed E-state index contributed by atoms with van der Waals surface area (Å²) in [6.45, 7) is 6.74. The molecule has 1 aromatic heterocycles. The summed E-state index contributed by atoms with van der Waals surface area (Å²) < 4.78 is 0. The highest BCUT2D eigenvalue weighted by Gasteiger charge is 2.22. The van der Waals surface area contributed by atoms with E-state index < -0.39 is 0 Å². The molecular weight excluding hydrogens is 222 g/mol. The van der Waals surface area contributed by atoms with E-state index in [0.29, 0.717) is 5.15 Å². The van der Waals surface area contributed by atoms with Crippen molar-refractivity contribution < 1.29 is 0 Å². The third kappa shape index (κ3) is 2.64. The summed E-state index contributed by atoms with van der Waals surface area (Å²) in [6.07, 6.45) is 5.85. The van der Waals surface area contributed by atoms with Crippen LogP contribution < -0.4 is 4.90 Å². The Kier molecular flexibility index (Phi) is 3.64. The van der Waals surface area contributed by atoms with Crippen LogP contribution in [0.25, 0.3) is 0 Å². The molecule has 0 amide bonds. The molecule has 4 heteroatoms. The molecule has 0 saturated carbocycles. The van der Waals surface area contributed by atoms with Gasteiger partial charge in [-0.1, -0.05) is 25.4 Å². The Bertz CT molecular complexity index is 346. The van der Waals surface area contributed by atoms with Gasteiger partial charge in [-0.05, 0) is 24.7 Å². The molecule has 2 heterocycles. The predicted molar refractivity (Wildman–Crippen MR) is 66.8 cm³/mol. The van der Waals surface area contributed by atoms with E-state index in [9.17, 15) is 0 Å². The molecule has 0 spiro atoms. The first-order valence-electron chi connectivity index (χ1n) is 5.89. The number of piperidine rings is 1. The van der Waals surface area contributed by atoms with Gasteiger partial charge in [0.25, 0.3) is 0 Å². The Morgan fingerprint density at radius 3 is 2.56 bits per heavy atom. The summed E-state index contributed by atoms with van der Waals surface area (Å²) in [7, 11) is 0. The zero-order valence-electron chi connectivity index (χ0n) is 9.86. The van der Waals surface area contributed by atoms with Gasteiger partial charge in [0.15, 0.2) is 0 Å². The van der Waals surface area contributed by atoms with Crippen LogP contribution >= 0.6 is 11.6 Å². The Labute approximate surface area is 102 Å². The third-order valence-corrected chi connectivity index (χ3v) is 3.58. The van der Waals surface area contributed by atoms with E-state index in [1.165, 1.54) is 12.8 Å². The number of halogens is 1. The van der Waals surface area contributed by atoms with Crippen LogP contribution in [0.2, 0.25) is 5.15 Å². The zero-order chi connectivity index (χ0) is 11.5. The van der Waals surface area contributed by atoms with Crippen molar-refractivity contribution in [3.63, 3.8) is 0 Å². The normalized spacial score (nSPS) is 18.1. The Morgan fingerprint density at radius 2 is 2.00 bits per heavy atom. The number of rotatable bonds is 2. The van der Waals surface area contributed by atoms with Gasteiger partial charge in [-0.3, -0.25) is 4.98 Å². The minimum atomic E-state index is 0.475. The highest BCUT2D eigenvalue weighted by molar-refractivity contribution is 6.29. The molecule has 3 nitrogen and oxygen atoms in total. The Morgan fingerprint density at radius 1 is 1.31 bits per heavy atom. The fourth-order valence-electron chi connectivity index (χ4n) is 2.28. The van der Waals surface area contributed by atoms with Crippen LogP contribution in [0.3, 0.4) is 0 Å². The van der Waals surface area contributed by atoms with Crippen LogP contribution in [0.4, 0.5) is 5.82 Å². The van der Waals surface area contributed by atoms with Crippen molar-refractivity contribution in [2.75, 3.05) is 18.0 Å².